The van der Waals surface area contributed by atoms with Crippen LogP contribution in [0.2, 0.25) is 0 Å². The lowest BCUT2D eigenvalue weighted by atomic mass is 10.2. The maximum atomic E-state index is 12.6. The molecule has 5 heteroatoms. The van der Waals surface area contributed by atoms with E-state index in [1.165, 1.54) is 10.6 Å². The van der Waals surface area contributed by atoms with Crippen molar-refractivity contribution < 1.29 is 4.79 Å². The Kier molecular flexibility index (Phi) is 4.43. The summed E-state index contributed by atoms with van der Waals surface area (Å²) in [5.74, 6) is -0.00391. The second-order valence-corrected chi connectivity index (χ2v) is 6.47. The van der Waals surface area contributed by atoms with Crippen molar-refractivity contribution in [1.82, 2.24) is 9.47 Å². The third-order valence-electron chi connectivity index (χ3n) is 3.75. The van der Waals surface area contributed by atoms with Gasteiger partial charge < -0.3 is 9.47 Å². The molecule has 114 valence electrons. The van der Waals surface area contributed by atoms with E-state index in [9.17, 15) is 9.59 Å². The third-order valence-corrected chi connectivity index (χ3v) is 4.25. The standard InChI is InChI=1S/C17H17BrN2O2/c18-14-5-3-4-13(10-14)11-20(15-7-8-15)17(22)12-19-9-2-1-6-16(19)21/h1-6,9-10,15H,7-8,11-12H2. The first-order valence-electron chi connectivity index (χ1n) is 7.33. The Hall–Kier alpha value is -1.88. The van der Waals surface area contributed by atoms with Crippen LogP contribution in [0.15, 0.2) is 57.9 Å². The van der Waals surface area contributed by atoms with Crippen LogP contribution in [0.25, 0.3) is 0 Å². The van der Waals surface area contributed by atoms with Crippen LogP contribution >= 0.6 is 15.9 Å². The van der Waals surface area contributed by atoms with Crippen LogP contribution < -0.4 is 5.56 Å². The number of hydrogen-bond acceptors (Lipinski definition) is 2. The molecule has 1 aromatic heterocycles. The largest absolute Gasteiger partial charge is 0.334 e. The Morgan fingerprint density at radius 1 is 1.23 bits per heavy atom. The Morgan fingerprint density at radius 2 is 2.05 bits per heavy atom. The topological polar surface area (TPSA) is 42.3 Å². The van der Waals surface area contributed by atoms with Crippen LogP contribution in [-0.2, 0) is 17.9 Å². The van der Waals surface area contributed by atoms with Gasteiger partial charge in [-0.25, -0.2) is 0 Å². The van der Waals surface area contributed by atoms with Gasteiger partial charge in [-0.1, -0.05) is 34.1 Å². The minimum Gasteiger partial charge on any atom is -0.334 e. The predicted molar refractivity (Wildman–Crippen MR) is 88.4 cm³/mol. The van der Waals surface area contributed by atoms with Gasteiger partial charge in [-0.3, -0.25) is 9.59 Å². The van der Waals surface area contributed by atoms with Crippen LogP contribution in [0.5, 0.6) is 0 Å². The molecule has 1 aliphatic carbocycles. The lowest BCUT2D eigenvalue weighted by Crippen LogP contribution is -2.37. The van der Waals surface area contributed by atoms with Crippen molar-refractivity contribution in [2.24, 2.45) is 0 Å². The van der Waals surface area contributed by atoms with Gasteiger partial charge in [0.05, 0.1) is 0 Å². The van der Waals surface area contributed by atoms with E-state index in [1.807, 2.05) is 29.2 Å². The van der Waals surface area contributed by atoms with Crippen molar-refractivity contribution in [3.05, 3.63) is 69.1 Å². The van der Waals surface area contributed by atoms with E-state index >= 15 is 0 Å². The fourth-order valence-corrected chi connectivity index (χ4v) is 2.91. The summed E-state index contributed by atoms with van der Waals surface area (Å²) in [6.45, 7) is 0.689. The number of nitrogens with zero attached hydrogens (tertiary/aromatic N) is 2. The van der Waals surface area contributed by atoms with E-state index in [-0.39, 0.29) is 18.0 Å². The minimum atomic E-state index is -0.144. The summed E-state index contributed by atoms with van der Waals surface area (Å²) in [5.41, 5.74) is 0.948. The number of pyridine rings is 1. The molecule has 0 radical (unpaired) electrons. The van der Waals surface area contributed by atoms with Gasteiger partial charge in [0, 0.05) is 29.3 Å². The first-order valence-corrected chi connectivity index (χ1v) is 8.12. The lowest BCUT2D eigenvalue weighted by molar-refractivity contribution is -0.133. The Morgan fingerprint density at radius 3 is 2.73 bits per heavy atom. The SMILES string of the molecule is O=C(Cn1ccccc1=O)N(Cc1cccc(Br)c1)C1CC1. The smallest absolute Gasteiger partial charge is 0.250 e. The van der Waals surface area contributed by atoms with Crippen LogP contribution in [0.4, 0.5) is 0 Å². The zero-order valence-electron chi connectivity index (χ0n) is 12.1. The van der Waals surface area contributed by atoms with Gasteiger partial charge in [0.2, 0.25) is 5.91 Å². The molecule has 0 unspecified atom stereocenters. The maximum Gasteiger partial charge on any atom is 0.250 e. The zero-order chi connectivity index (χ0) is 15.5. The molecule has 0 saturated heterocycles. The average molecular weight is 361 g/mol. The first-order chi connectivity index (χ1) is 10.6. The molecular formula is C17H17BrN2O2. The highest BCUT2D eigenvalue weighted by molar-refractivity contribution is 9.10. The van der Waals surface area contributed by atoms with Crippen LogP contribution in [0, 0.1) is 0 Å². The summed E-state index contributed by atoms with van der Waals surface area (Å²) < 4.78 is 2.46. The second-order valence-electron chi connectivity index (χ2n) is 5.55. The number of halogens is 1. The van der Waals surface area contributed by atoms with Crippen molar-refractivity contribution in [2.75, 3.05) is 0 Å². The van der Waals surface area contributed by atoms with Gasteiger partial charge in [0.25, 0.3) is 5.56 Å². The van der Waals surface area contributed by atoms with Gasteiger partial charge in [-0.05, 0) is 36.6 Å². The highest BCUT2D eigenvalue weighted by Crippen LogP contribution is 2.29. The highest BCUT2D eigenvalue weighted by atomic mass is 79.9. The quantitative estimate of drug-likeness (QED) is 0.822. The summed E-state index contributed by atoms with van der Waals surface area (Å²) in [6.07, 6.45) is 3.75. The summed E-state index contributed by atoms with van der Waals surface area (Å²) in [4.78, 5) is 26.2. The molecule has 0 atom stereocenters. The molecule has 2 aromatic rings. The molecule has 1 amide bonds. The van der Waals surface area contributed by atoms with Gasteiger partial charge in [0.1, 0.15) is 6.54 Å². The molecule has 4 nitrogen and oxygen atoms in total. The van der Waals surface area contributed by atoms with Crippen molar-refractivity contribution in [2.45, 2.75) is 32.0 Å². The van der Waals surface area contributed by atoms with E-state index in [4.69, 9.17) is 0 Å². The van der Waals surface area contributed by atoms with Crippen LogP contribution in [0.1, 0.15) is 18.4 Å². The summed E-state index contributed by atoms with van der Waals surface area (Å²) in [7, 11) is 0. The van der Waals surface area contributed by atoms with Crippen molar-refractivity contribution in [3.63, 3.8) is 0 Å². The number of aromatic nitrogens is 1. The number of carbonyl (C=O) groups excluding carboxylic acids is 1. The van der Waals surface area contributed by atoms with E-state index in [2.05, 4.69) is 15.9 Å². The van der Waals surface area contributed by atoms with Crippen LogP contribution in [-0.4, -0.2) is 21.4 Å². The lowest BCUT2D eigenvalue weighted by Gasteiger charge is -2.23. The maximum absolute atomic E-state index is 12.6. The summed E-state index contributed by atoms with van der Waals surface area (Å²) in [5, 5.41) is 0. The monoisotopic (exact) mass is 360 g/mol. The van der Waals surface area contributed by atoms with Crippen LogP contribution in [0.3, 0.4) is 0 Å². The molecule has 22 heavy (non-hydrogen) atoms. The molecule has 3 rings (SSSR count). The van der Waals surface area contributed by atoms with Crippen molar-refractivity contribution >= 4 is 21.8 Å². The predicted octanol–water partition coefficient (Wildman–Crippen LogP) is 2.80. The van der Waals surface area contributed by atoms with E-state index in [0.717, 1.165) is 22.9 Å². The molecule has 0 N–H and O–H groups in total. The van der Waals surface area contributed by atoms with Gasteiger partial charge in [0.15, 0.2) is 0 Å². The molecule has 1 aromatic carbocycles. The van der Waals surface area contributed by atoms with E-state index in [1.54, 1.807) is 18.3 Å². The molecular weight excluding hydrogens is 344 g/mol. The minimum absolute atomic E-state index is 0.00391. The molecule has 0 spiro atoms. The molecule has 0 aliphatic heterocycles. The van der Waals surface area contributed by atoms with Crippen molar-refractivity contribution in [3.8, 4) is 0 Å². The molecule has 1 saturated carbocycles. The van der Waals surface area contributed by atoms with Gasteiger partial charge in [-0.15, -0.1) is 0 Å². The van der Waals surface area contributed by atoms with Gasteiger partial charge in [-0.2, -0.15) is 0 Å². The van der Waals surface area contributed by atoms with Gasteiger partial charge >= 0.3 is 0 Å². The fourth-order valence-electron chi connectivity index (χ4n) is 2.47. The summed E-state index contributed by atoms with van der Waals surface area (Å²) >= 11 is 3.46. The molecule has 1 heterocycles. The average Bonchev–Trinajstić information content (AvgIpc) is 3.32. The Balaban J connectivity index is 1.75. The number of hydrogen-bond donors (Lipinski definition) is 0. The van der Waals surface area contributed by atoms with Crippen molar-refractivity contribution in [1.29, 1.82) is 0 Å². The first kappa shape index (κ1) is 15.0. The third kappa shape index (κ3) is 3.65. The number of carbonyl (C=O) groups is 1. The number of rotatable bonds is 5. The number of amides is 1. The molecule has 1 aliphatic rings. The zero-order valence-corrected chi connectivity index (χ0v) is 13.7. The fraction of sp³-hybridized carbons (Fsp3) is 0.294. The molecule has 0 bridgehead atoms. The van der Waals surface area contributed by atoms with E-state index in [0.29, 0.717) is 12.6 Å². The molecule has 1 fully saturated rings. The Bertz CT molecular complexity index is 737. The normalized spacial score (nSPS) is 13.9. The highest BCUT2D eigenvalue weighted by Gasteiger charge is 2.32. The second kappa shape index (κ2) is 6.48. The van der Waals surface area contributed by atoms with E-state index < -0.39 is 0 Å². The Labute approximate surface area is 137 Å². The summed E-state index contributed by atoms with van der Waals surface area (Å²) in [6, 6.07) is 13.2. The number of benzene rings is 1.